The second kappa shape index (κ2) is 8.68. The van der Waals surface area contributed by atoms with E-state index in [0.29, 0.717) is 19.1 Å². The van der Waals surface area contributed by atoms with Crippen molar-refractivity contribution in [1.29, 1.82) is 0 Å². The molecule has 3 atom stereocenters. The van der Waals surface area contributed by atoms with Gasteiger partial charge in [-0.1, -0.05) is 44.2 Å². The van der Waals surface area contributed by atoms with E-state index in [1.807, 2.05) is 51.1 Å². The summed E-state index contributed by atoms with van der Waals surface area (Å²) in [5.74, 6) is 0.454. The number of amides is 1. The molecule has 1 aromatic carbocycles. The summed E-state index contributed by atoms with van der Waals surface area (Å²) in [5.41, 5.74) is 0.639. The van der Waals surface area contributed by atoms with Crippen LogP contribution in [0, 0.1) is 5.92 Å². The molecule has 5 nitrogen and oxygen atoms in total. The van der Waals surface area contributed by atoms with Crippen molar-refractivity contribution < 1.29 is 19.0 Å². The Bertz CT molecular complexity index is 538. The van der Waals surface area contributed by atoms with Gasteiger partial charge >= 0.3 is 6.09 Å². The van der Waals surface area contributed by atoms with Crippen molar-refractivity contribution in [3.63, 3.8) is 0 Å². The first-order valence-corrected chi connectivity index (χ1v) is 9.01. The van der Waals surface area contributed by atoms with E-state index >= 15 is 0 Å². The van der Waals surface area contributed by atoms with Crippen LogP contribution in [0.5, 0.6) is 0 Å². The molecule has 0 saturated carbocycles. The highest BCUT2D eigenvalue weighted by Gasteiger charge is 2.46. The lowest BCUT2D eigenvalue weighted by atomic mass is 10.00. The summed E-state index contributed by atoms with van der Waals surface area (Å²) >= 11 is 0. The predicted octanol–water partition coefficient (Wildman–Crippen LogP) is 3.91. The lowest BCUT2D eigenvalue weighted by Crippen LogP contribution is -2.43. The third-order valence-electron chi connectivity index (χ3n) is 3.84. The molecule has 0 aromatic heterocycles. The van der Waals surface area contributed by atoms with Crippen LogP contribution < -0.4 is 5.32 Å². The van der Waals surface area contributed by atoms with Gasteiger partial charge in [-0.05, 0) is 38.7 Å². The van der Waals surface area contributed by atoms with Gasteiger partial charge in [-0.25, -0.2) is 4.79 Å². The van der Waals surface area contributed by atoms with E-state index < -0.39 is 11.7 Å². The second-order valence-corrected chi connectivity index (χ2v) is 8.02. The van der Waals surface area contributed by atoms with Gasteiger partial charge in [0.05, 0.1) is 19.3 Å². The summed E-state index contributed by atoms with van der Waals surface area (Å²) < 4.78 is 16.9. The van der Waals surface area contributed by atoms with Gasteiger partial charge in [-0.3, -0.25) is 0 Å². The van der Waals surface area contributed by atoms with Crippen molar-refractivity contribution >= 4 is 6.09 Å². The van der Waals surface area contributed by atoms with Crippen LogP contribution in [0.2, 0.25) is 0 Å². The van der Waals surface area contributed by atoms with Crippen molar-refractivity contribution in [2.75, 3.05) is 6.61 Å². The molecule has 0 unspecified atom stereocenters. The van der Waals surface area contributed by atoms with Crippen molar-refractivity contribution in [2.24, 2.45) is 5.92 Å². The molecule has 5 heteroatoms. The molecule has 1 saturated heterocycles. The Labute approximate surface area is 151 Å². The molecule has 1 aromatic rings. The fourth-order valence-corrected chi connectivity index (χ4v) is 2.75. The lowest BCUT2D eigenvalue weighted by Gasteiger charge is -2.24. The van der Waals surface area contributed by atoms with E-state index in [0.717, 1.165) is 12.0 Å². The summed E-state index contributed by atoms with van der Waals surface area (Å²) in [6, 6.07) is 10.0. The van der Waals surface area contributed by atoms with E-state index in [9.17, 15) is 4.79 Å². The average molecular weight is 349 g/mol. The Balaban J connectivity index is 1.78. The molecular weight excluding hydrogens is 318 g/mol. The smallest absolute Gasteiger partial charge is 0.407 e. The number of benzene rings is 1. The highest BCUT2D eigenvalue weighted by atomic mass is 16.6. The average Bonchev–Trinajstić information content (AvgIpc) is 3.25. The highest BCUT2D eigenvalue weighted by molar-refractivity contribution is 5.68. The molecule has 1 heterocycles. The molecule has 0 radical (unpaired) electrons. The lowest BCUT2D eigenvalue weighted by molar-refractivity contribution is 0.0488. The third kappa shape index (κ3) is 7.45. The van der Waals surface area contributed by atoms with Gasteiger partial charge in [0.25, 0.3) is 0 Å². The Morgan fingerprint density at radius 2 is 1.92 bits per heavy atom. The van der Waals surface area contributed by atoms with Gasteiger partial charge < -0.3 is 19.5 Å². The number of epoxide rings is 1. The second-order valence-electron chi connectivity index (χ2n) is 8.02. The van der Waals surface area contributed by atoms with Crippen LogP contribution in [-0.2, 0) is 20.8 Å². The maximum absolute atomic E-state index is 12.1. The fourth-order valence-electron chi connectivity index (χ4n) is 2.75. The van der Waals surface area contributed by atoms with Crippen LogP contribution in [0.15, 0.2) is 30.3 Å². The molecule has 2 rings (SSSR count). The molecule has 1 fully saturated rings. The first-order valence-electron chi connectivity index (χ1n) is 9.01. The zero-order valence-corrected chi connectivity index (χ0v) is 16.0. The zero-order valence-electron chi connectivity index (χ0n) is 16.0. The number of rotatable bonds is 8. The standard InChI is InChI=1S/C20H31NO4/c1-14(2)11-16(21-19(22)25-20(3,4)5)18-17(24-18)13-23-12-15-9-7-6-8-10-15/h6-10,14,16-18H,11-13H2,1-5H3,(H,21,22)/t16-,17+,18+/m1/s1. The summed E-state index contributed by atoms with van der Waals surface area (Å²) in [5, 5.41) is 2.96. The quantitative estimate of drug-likeness (QED) is 0.723. The number of carbonyl (C=O) groups is 1. The number of ether oxygens (including phenoxy) is 3. The fraction of sp³-hybridized carbons (Fsp3) is 0.650. The normalized spacial score (nSPS) is 21.0. The number of alkyl carbamates (subject to hydrolysis) is 1. The topological polar surface area (TPSA) is 60.1 Å². The largest absolute Gasteiger partial charge is 0.444 e. The molecule has 0 spiro atoms. The summed E-state index contributed by atoms with van der Waals surface area (Å²) in [6.45, 7) is 10.9. The monoisotopic (exact) mass is 349 g/mol. The first kappa shape index (κ1) is 19.7. The van der Waals surface area contributed by atoms with Crippen LogP contribution in [0.25, 0.3) is 0 Å². The third-order valence-corrected chi connectivity index (χ3v) is 3.84. The maximum Gasteiger partial charge on any atom is 0.407 e. The van der Waals surface area contributed by atoms with Gasteiger partial charge in [0, 0.05) is 0 Å². The van der Waals surface area contributed by atoms with E-state index in [2.05, 4.69) is 19.2 Å². The van der Waals surface area contributed by atoms with Gasteiger partial charge in [-0.15, -0.1) is 0 Å². The van der Waals surface area contributed by atoms with Crippen LogP contribution >= 0.6 is 0 Å². The maximum atomic E-state index is 12.1. The molecule has 140 valence electrons. The Morgan fingerprint density at radius 1 is 1.24 bits per heavy atom. The minimum absolute atomic E-state index is 0.00862. The molecule has 25 heavy (non-hydrogen) atoms. The minimum atomic E-state index is -0.505. The highest BCUT2D eigenvalue weighted by Crippen LogP contribution is 2.29. The van der Waals surface area contributed by atoms with Crippen LogP contribution in [0.4, 0.5) is 4.79 Å². The SMILES string of the molecule is CC(C)C[C@@H](NC(=O)OC(C)(C)C)[C@@H]1O[C@H]1COCc1ccccc1. The van der Waals surface area contributed by atoms with Crippen LogP contribution in [0.1, 0.15) is 46.6 Å². The first-order chi connectivity index (χ1) is 11.7. The zero-order chi connectivity index (χ0) is 18.4. The van der Waals surface area contributed by atoms with Crippen LogP contribution in [-0.4, -0.2) is 36.6 Å². The van der Waals surface area contributed by atoms with Gasteiger partial charge in [0.1, 0.15) is 17.8 Å². The molecule has 1 amide bonds. The predicted molar refractivity (Wildman–Crippen MR) is 97.4 cm³/mol. The van der Waals surface area contributed by atoms with Gasteiger partial charge in [-0.2, -0.15) is 0 Å². The Kier molecular flexibility index (Phi) is 6.85. The van der Waals surface area contributed by atoms with Gasteiger partial charge in [0.2, 0.25) is 0 Å². The van der Waals surface area contributed by atoms with E-state index in [4.69, 9.17) is 14.2 Å². The number of hydrogen-bond donors (Lipinski definition) is 1. The Morgan fingerprint density at radius 3 is 2.52 bits per heavy atom. The van der Waals surface area contributed by atoms with E-state index in [1.165, 1.54) is 0 Å². The summed E-state index contributed by atoms with van der Waals surface area (Å²) in [6.07, 6.45) is 0.477. The summed E-state index contributed by atoms with van der Waals surface area (Å²) in [7, 11) is 0. The number of carbonyl (C=O) groups excluding carboxylic acids is 1. The van der Waals surface area contributed by atoms with Crippen molar-refractivity contribution in [1.82, 2.24) is 5.32 Å². The molecule has 0 aliphatic carbocycles. The molecular formula is C20H31NO4. The summed E-state index contributed by atoms with van der Waals surface area (Å²) in [4.78, 5) is 12.1. The number of hydrogen-bond acceptors (Lipinski definition) is 4. The van der Waals surface area contributed by atoms with Crippen molar-refractivity contribution in [3.05, 3.63) is 35.9 Å². The number of nitrogens with one attached hydrogen (secondary N) is 1. The van der Waals surface area contributed by atoms with E-state index in [-0.39, 0.29) is 18.2 Å². The molecule has 1 aliphatic heterocycles. The van der Waals surface area contributed by atoms with E-state index in [1.54, 1.807) is 0 Å². The minimum Gasteiger partial charge on any atom is -0.444 e. The molecule has 0 bridgehead atoms. The van der Waals surface area contributed by atoms with Gasteiger partial charge in [0.15, 0.2) is 0 Å². The Hall–Kier alpha value is -1.59. The van der Waals surface area contributed by atoms with Crippen molar-refractivity contribution in [2.45, 2.75) is 71.5 Å². The van der Waals surface area contributed by atoms with Crippen LogP contribution in [0.3, 0.4) is 0 Å². The molecule has 1 N–H and O–H groups in total. The molecule has 1 aliphatic rings. The van der Waals surface area contributed by atoms with Crippen molar-refractivity contribution in [3.8, 4) is 0 Å².